The Balaban J connectivity index is 1.94. The summed E-state index contributed by atoms with van der Waals surface area (Å²) in [4.78, 5) is 50.3. The molecule has 0 saturated heterocycles. The predicted octanol–water partition coefficient (Wildman–Crippen LogP) is 3.34. The molecule has 4 N–H and O–H groups in total. The van der Waals surface area contributed by atoms with Crippen molar-refractivity contribution in [3.8, 4) is 5.75 Å². The molecule has 1 aliphatic heterocycles. The average molecular weight is 548 g/mol. The second kappa shape index (κ2) is 11.5. The van der Waals surface area contributed by atoms with E-state index in [1.165, 1.54) is 19.1 Å². The third-order valence-electron chi connectivity index (χ3n) is 6.27. The molecule has 38 heavy (non-hydrogen) atoms. The van der Waals surface area contributed by atoms with Crippen LogP contribution >= 0.6 is 11.6 Å². The number of nitrogens with one attached hydrogen (secondary N) is 2. The van der Waals surface area contributed by atoms with Gasteiger partial charge < -0.3 is 25.8 Å². The Morgan fingerprint density at radius 2 is 1.79 bits per heavy atom. The van der Waals surface area contributed by atoms with Crippen molar-refractivity contribution < 1.29 is 33.0 Å². The van der Waals surface area contributed by atoms with Crippen molar-refractivity contribution in [2.24, 2.45) is 11.7 Å². The molecule has 2 aromatic rings. The van der Waals surface area contributed by atoms with Gasteiger partial charge in [-0.3, -0.25) is 19.2 Å². The molecular weight excluding hydrogens is 517 g/mol. The van der Waals surface area contributed by atoms with E-state index in [-0.39, 0.29) is 22.3 Å². The number of nitrogens with two attached hydrogens (primary N) is 1. The molecule has 0 fully saturated rings. The fraction of sp³-hybridized carbons (Fsp3) is 0.407. The Morgan fingerprint density at radius 1 is 1.13 bits per heavy atom. The van der Waals surface area contributed by atoms with E-state index in [0.29, 0.717) is 16.9 Å². The number of benzene rings is 2. The molecule has 0 saturated carbocycles. The van der Waals surface area contributed by atoms with Gasteiger partial charge in [-0.05, 0) is 63.1 Å². The smallest absolute Gasteiger partial charge is 0.325 e. The standard InChI is InChI=1S/C27H31ClFN3O6/c1-13(2)22(30)26(36)31-12-21(34)37-24-23(32-25(35)16-6-8-19(29)18(28)11-16)17-10-15(14(3)33)7-9-20(17)38-27(24,4)5/h6-11,13,22-24H,12,30H2,1-5H3,(H,31,36)(H,32,35)/t22-,23+,24-/m0/s1. The van der Waals surface area contributed by atoms with Crippen LogP contribution in [-0.4, -0.2) is 47.9 Å². The van der Waals surface area contributed by atoms with Crippen LogP contribution in [0.15, 0.2) is 36.4 Å². The molecule has 0 bridgehead atoms. The zero-order valence-electron chi connectivity index (χ0n) is 21.8. The lowest BCUT2D eigenvalue weighted by Gasteiger charge is -2.44. The van der Waals surface area contributed by atoms with Crippen LogP contribution in [0.2, 0.25) is 5.02 Å². The summed E-state index contributed by atoms with van der Waals surface area (Å²) in [6.07, 6.45) is -1.08. The van der Waals surface area contributed by atoms with Crippen LogP contribution in [0.1, 0.15) is 66.9 Å². The molecule has 1 aliphatic rings. The van der Waals surface area contributed by atoms with E-state index in [0.717, 1.165) is 6.07 Å². The van der Waals surface area contributed by atoms with E-state index in [9.17, 15) is 23.6 Å². The Morgan fingerprint density at radius 3 is 2.39 bits per heavy atom. The molecule has 9 nitrogen and oxygen atoms in total. The van der Waals surface area contributed by atoms with Crippen molar-refractivity contribution in [2.45, 2.75) is 58.4 Å². The van der Waals surface area contributed by atoms with Crippen LogP contribution in [0, 0.1) is 11.7 Å². The van der Waals surface area contributed by atoms with Crippen molar-refractivity contribution in [2.75, 3.05) is 6.54 Å². The van der Waals surface area contributed by atoms with Crippen molar-refractivity contribution in [1.82, 2.24) is 10.6 Å². The average Bonchev–Trinajstić information content (AvgIpc) is 2.84. The minimum Gasteiger partial charge on any atom is -0.484 e. The molecule has 0 spiro atoms. The zero-order chi connectivity index (χ0) is 28.4. The Bertz CT molecular complexity index is 1270. The van der Waals surface area contributed by atoms with Crippen LogP contribution in [0.4, 0.5) is 4.39 Å². The Labute approximate surface area is 225 Å². The topological polar surface area (TPSA) is 137 Å². The number of carbonyl (C=O) groups excluding carboxylic acids is 4. The highest BCUT2D eigenvalue weighted by Crippen LogP contribution is 2.42. The SMILES string of the molecule is CC(=O)c1ccc2c(c1)[C@@H](NC(=O)c1ccc(F)c(Cl)c1)[C@H](OC(=O)CNC(=O)[C@@H](N)C(C)C)C(C)(C)O2. The number of ether oxygens (including phenoxy) is 2. The largest absolute Gasteiger partial charge is 0.484 e. The minimum atomic E-state index is -1.14. The van der Waals surface area contributed by atoms with Gasteiger partial charge in [-0.2, -0.15) is 0 Å². The van der Waals surface area contributed by atoms with Crippen LogP contribution in [0.25, 0.3) is 0 Å². The second-order valence-corrected chi connectivity index (χ2v) is 10.4. The first-order valence-corrected chi connectivity index (χ1v) is 12.4. The first-order valence-electron chi connectivity index (χ1n) is 12.0. The van der Waals surface area contributed by atoms with E-state index >= 15 is 0 Å². The minimum absolute atomic E-state index is 0.0741. The van der Waals surface area contributed by atoms with Gasteiger partial charge in [-0.15, -0.1) is 0 Å². The zero-order valence-corrected chi connectivity index (χ0v) is 22.5. The molecule has 2 aromatic carbocycles. The van der Waals surface area contributed by atoms with Crippen molar-refractivity contribution in [3.63, 3.8) is 0 Å². The summed E-state index contributed by atoms with van der Waals surface area (Å²) in [6.45, 7) is 7.84. The third kappa shape index (κ3) is 6.49. The number of fused-ring (bicyclic) bond motifs is 1. The fourth-order valence-electron chi connectivity index (χ4n) is 4.00. The molecular formula is C27H31ClFN3O6. The highest BCUT2D eigenvalue weighted by Gasteiger charge is 2.47. The van der Waals surface area contributed by atoms with Crippen molar-refractivity contribution in [1.29, 1.82) is 0 Å². The summed E-state index contributed by atoms with van der Waals surface area (Å²) in [5.41, 5.74) is 5.52. The summed E-state index contributed by atoms with van der Waals surface area (Å²) in [5.74, 6) is -2.57. The third-order valence-corrected chi connectivity index (χ3v) is 6.56. The van der Waals surface area contributed by atoms with Gasteiger partial charge >= 0.3 is 5.97 Å². The number of halogens is 2. The number of hydrogen-bond acceptors (Lipinski definition) is 7. The van der Waals surface area contributed by atoms with Crippen molar-refractivity contribution in [3.05, 3.63) is 63.9 Å². The maximum atomic E-state index is 13.7. The molecule has 11 heteroatoms. The second-order valence-electron chi connectivity index (χ2n) is 9.99. The summed E-state index contributed by atoms with van der Waals surface area (Å²) >= 11 is 5.86. The monoisotopic (exact) mass is 547 g/mol. The first kappa shape index (κ1) is 29.1. The molecule has 2 amide bonds. The van der Waals surface area contributed by atoms with Gasteiger partial charge in [0.2, 0.25) is 5.91 Å². The van der Waals surface area contributed by atoms with Gasteiger partial charge in [0.15, 0.2) is 11.9 Å². The predicted molar refractivity (Wildman–Crippen MR) is 138 cm³/mol. The molecule has 0 aromatic heterocycles. The highest BCUT2D eigenvalue weighted by atomic mass is 35.5. The lowest BCUT2D eigenvalue weighted by atomic mass is 9.85. The molecule has 3 atom stereocenters. The van der Waals surface area contributed by atoms with Crippen LogP contribution < -0.4 is 21.1 Å². The maximum Gasteiger partial charge on any atom is 0.325 e. The molecule has 3 rings (SSSR count). The number of rotatable bonds is 8. The van der Waals surface area contributed by atoms with Crippen LogP contribution in [-0.2, 0) is 14.3 Å². The Kier molecular flexibility index (Phi) is 8.79. The lowest BCUT2D eigenvalue weighted by molar-refractivity contribution is -0.164. The number of carbonyl (C=O) groups is 4. The molecule has 204 valence electrons. The number of esters is 1. The van der Waals surface area contributed by atoms with Gasteiger partial charge in [-0.1, -0.05) is 25.4 Å². The normalized spacial score (nSPS) is 18.6. The summed E-state index contributed by atoms with van der Waals surface area (Å²) in [6, 6.07) is 6.49. The first-order chi connectivity index (χ1) is 17.7. The van der Waals surface area contributed by atoms with E-state index < -0.39 is 53.9 Å². The van der Waals surface area contributed by atoms with Crippen LogP contribution in [0.3, 0.4) is 0 Å². The fourth-order valence-corrected chi connectivity index (χ4v) is 4.18. The highest BCUT2D eigenvalue weighted by molar-refractivity contribution is 6.31. The number of ketones is 1. The molecule has 0 radical (unpaired) electrons. The van der Waals surface area contributed by atoms with Gasteiger partial charge in [-0.25, -0.2) is 4.39 Å². The van der Waals surface area contributed by atoms with E-state index in [1.807, 2.05) is 0 Å². The van der Waals surface area contributed by atoms with Crippen molar-refractivity contribution >= 4 is 35.2 Å². The molecule has 0 aliphatic carbocycles. The maximum absolute atomic E-state index is 13.7. The lowest BCUT2D eigenvalue weighted by Crippen LogP contribution is -2.56. The van der Waals surface area contributed by atoms with Gasteiger partial charge in [0.25, 0.3) is 5.91 Å². The molecule has 0 unspecified atom stereocenters. The number of Topliss-reactive ketones (excluding diaryl/α,β-unsaturated/α-hetero) is 1. The Hall–Kier alpha value is -3.50. The van der Waals surface area contributed by atoms with E-state index in [2.05, 4.69) is 10.6 Å². The van der Waals surface area contributed by atoms with E-state index in [1.54, 1.807) is 45.9 Å². The van der Waals surface area contributed by atoms with Gasteiger partial charge in [0, 0.05) is 16.7 Å². The summed E-state index contributed by atoms with van der Waals surface area (Å²) in [7, 11) is 0. The van der Waals surface area contributed by atoms with Gasteiger partial charge in [0.1, 0.15) is 23.7 Å². The summed E-state index contributed by atoms with van der Waals surface area (Å²) in [5, 5.41) is 5.04. The molecule has 1 heterocycles. The van der Waals surface area contributed by atoms with E-state index in [4.69, 9.17) is 26.8 Å². The number of hydrogen-bond donors (Lipinski definition) is 3. The van der Waals surface area contributed by atoms with Crippen LogP contribution in [0.5, 0.6) is 5.75 Å². The van der Waals surface area contributed by atoms with Gasteiger partial charge in [0.05, 0.1) is 17.1 Å². The quantitative estimate of drug-likeness (QED) is 0.340. The summed E-state index contributed by atoms with van der Waals surface area (Å²) < 4.78 is 25.5. The number of amides is 2.